The summed E-state index contributed by atoms with van der Waals surface area (Å²) in [6, 6.07) is 13.4. The number of hydrogen-bond donors (Lipinski definition) is 1. The topological polar surface area (TPSA) is 42.0 Å². The van der Waals surface area contributed by atoms with Gasteiger partial charge in [-0.1, -0.05) is 36.4 Å². The molecule has 0 saturated heterocycles. The normalized spacial score (nSPS) is 10.5. The van der Waals surface area contributed by atoms with Crippen molar-refractivity contribution in [2.24, 2.45) is 0 Å². The lowest BCUT2D eigenvalue weighted by Crippen LogP contribution is -2.19. The molecule has 0 aliphatic heterocycles. The number of benzene rings is 1. The van der Waals surface area contributed by atoms with Gasteiger partial charge in [0.1, 0.15) is 0 Å². The van der Waals surface area contributed by atoms with E-state index in [-0.39, 0.29) is 5.91 Å². The van der Waals surface area contributed by atoms with Gasteiger partial charge in [-0.05, 0) is 23.8 Å². The molecule has 0 aliphatic rings. The quantitative estimate of drug-likeness (QED) is 0.893. The third-order valence-electron chi connectivity index (χ3n) is 2.54. The van der Waals surface area contributed by atoms with Crippen LogP contribution in [-0.4, -0.2) is 17.9 Å². The van der Waals surface area contributed by atoms with Crippen molar-refractivity contribution in [2.75, 3.05) is 7.05 Å². The highest BCUT2D eigenvalue weighted by Crippen LogP contribution is 2.10. The highest BCUT2D eigenvalue weighted by molar-refractivity contribution is 5.97. The molecule has 1 N–H and O–H groups in total. The first-order chi connectivity index (χ1) is 8.81. The Hall–Kier alpha value is -2.42. The number of nitrogens with one attached hydrogen (secondary N) is 1. The third-order valence-corrected chi connectivity index (χ3v) is 2.54. The first kappa shape index (κ1) is 12.0. The fourth-order valence-electron chi connectivity index (χ4n) is 1.62. The molecule has 1 aromatic carbocycles. The number of rotatable bonds is 3. The molecule has 1 heterocycles. The number of carbonyl (C=O) groups is 1. The average molecular weight is 238 g/mol. The van der Waals surface area contributed by atoms with Crippen molar-refractivity contribution in [3.63, 3.8) is 0 Å². The molecule has 90 valence electrons. The molecular weight excluding hydrogens is 224 g/mol. The van der Waals surface area contributed by atoms with Crippen LogP contribution in [0.15, 0.2) is 48.7 Å². The number of amides is 1. The molecule has 0 unspecified atom stereocenters. The van der Waals surface area contributed by atoms with Gasteiger partial charge in [-0.25, -0.2) is 0 Å². The minimum Gasteiger partial charge on any atom is -0.355 e. The van der Waals surface area contributed by atoms with Crippen molar-refractivity contribution in [3.05, 3.63) is 65.5 Å². The minimum atomic E-state index is -0.129. The van der Waals surface area contributed by atoms with Crippen molar-refractivity contribution < 1.29 is 4.79 Å². The highest BCUT2D eigenvalue weighted by atomic mass is 16.1. The standard InChI is InChI=1S/C15H14N2O/c1-16-15(18)13-8-5-11-17-14(13)10-9-12-6-3-2-4-7-12/h2-11H,1H3,(H,16,18). The van der Waals surface area contributed by atoms with E-state index in [0.29, 0.717) is 11.3 Å². The summed E-state index contributed by atoms with van der Waals surface area (Å²) in [4.78, 5) is 15.9. The summed E-state index contributed by atoms with van der Waals surface area (Å²) in [7, 11) is 1.61. The Morgan fingerprint density at radius 1 is 1.11 bits per heavy atom. The molecule has 3 nitrogen and oxygen atoms in total. The molecular formula is C15H14N2O. The van der Waals surface area contributed by atoms with Crippen LogP contribution in [0.2, 0.25) is 0 Å². The van der Waals surface area contributed by atoms with Crippen molar-refractivity contribution in [1.29, 1.82) is 0 Å². The van der Waals surface area contributed by atoms with Crippen LogP contribution in [0.1, 0.15) is 21.6 Å². The van der Waals surface area contributed by atoms with Gasteiger partial charge in [-0.3, -0.25) is 9.78 Å². The van der Waals surface area contributed by atoms with Gasteiger partial charge < -0.3 is 5.32 Å². The molecule has 3 heteroatoms. The Kier molecular flexibility index (Phi) is 3.86. The zero-order valence-corrected chi connectivity index (χ0v) is 10.1. The fraction of sp³-hybridized carbons (Fsp3) is 0.0667. The third kappa shape index (κ3) is 2.83. The summed E-state index contributed by atoms with van der Waals surface area (Å²) in [5, 5.41) is 2.61. The van der Waals surface area contributed by atoms with E-state index in [1.165, 1.54) is 0 Å². The molecule has 1 amide bonds. The van der Waals surface area contributed by atoms with Crippen LogP contribution in [0.25, 0.3) is 12.2 Å². The number of carbonyl (C=O) groups excluding carboxylic acids is 1. The van der Waals surface area contributed by atoms with Crippen LogP contribution in [0.5, 0.6) is 0 Å². The lowest BCUT2D eigenvalue weighted by molar-refractivity contribution is 0.0962. The second kappa shape index (κ2) is 5.77. The summed E-state index contributed by atoms with van der Waals surface area (Å²) in [6.45, 7) is 0. The molecule has 2 aromatic rings. The molecule has 0 aliphatic carbocycles. The Labute approximate surface area is 106 Å². The predicted octanol–water partition coefficient (Wildman–Crippen LogP) is 2.61. The molecule has 0 radical (unpaired) electrons. The van der Waals surface area contributed by atoms with Crippen molar-refractivity contribution in [2.45, 2.75) is 0 Å². The molecule has 0 fully saturated rings. The van der Waals surface area contributed by atoms with Gasteiger partial charge in [0, 0.05) is 13.2 Å². The first-order valence-corrected chi connectivity index (χ1v) is 5.71. The van der Waals surface area contributed by atoms with Crippen LogP contribution in [0.4, 0.5) is 0 Å². The van der Waals surface area contributed by atoms with Gasteiger partial charge in [-0.15, -0.1) is 0 Å². The zero-order valence-electron chi connectivity index (χ0n) is 10.1. The van der Waals surface area contributed by atoms with Gasteiger partial charge in [0.05, 0.1) is 11.3 Å². The predicted molar refractivity (Wildman–Crippen MR) is 73.0 cm³/mol. The number of nitrogens with zero attached hydrogens (tertiary/aromatic N) is 1. The van der Waals surface area contributed by atoms with Gasteiger partial charge >= 0.3 is 0 Å². The van der Waals surface area contributed by atoms with Crippen molar-refractivity contribution in [1.82, 2.24) is 10.3 Å². The van der Waals surface area contributed by atoms with E-state index >= 15 is 0 Å². The Bertz CT molecular complexity index is 562. The second-order valence-corrected chi connectivity index (χ2v) is 3.76. The summed E-state index contributed by atoms with van der Waals surface area (Å²) >= 11 is 0. The second-order valence-electron chi connectivity index (χ2n) is 3.76. The van der Waals surface area contributed by atoms with Crippen molar-refractivity contribution in [3.8, 4) is 0 Å². The van der Waals surface area contributed by atoms with E-state index in [1.54, 1.807) is 25.4 Å². The van der Waals surface area contributed by atoms with Crippen LogP contribution in [-0.2, 0) is 0 Å². The Balaban J connectivity index is 2.29. The average Bonchev–Trinajstić information content (AvgIpc) is 2.45. The maximum atomic E-state index is 11.7. The summed E-state index contributed by atoms with van der Waals surface area (Å²) in [5.41, 5.74) is 2.32. The molecule has 0 spiro atoms. The van der Waals surface area contributed by atoms with Gasteiger partial charge in [-0.2, -0.15) is 0 Å². The number of aromatic nitrogens is 1. The summed E-state index contributed by atoms with van der Waals surface area (Å²) < 4.78 is 0. The lowest BCUT2D eigenvalue weighted by atomic mass is 10.1. The maximum absolute atomic E-state index is 11.7. The van der Waals surface area contributed by atoms with Crippen LogP contribution >= 0.6 is 0 Å². The van der Waals surface area contributed by atoms with E-state index in [1.807, 2.05) is 42.5 Å². The van der Waals surface area contributed by atoms with E-state index in [4.69, 9.17) is 0 Å². The first-order valence-electron chi connectivity index (χ1n) is 5.71. The van der Waals surface area contributed by atoms with E-state index in [9.17, 15) is 4.79 Å². The molecule has 0 atom stereocenters. The smallest absolute Gasteiger partial charge is 0.253 e. The number of pyridine rings is 1. The molecule has 1 aromatic heterocycles. The monoisotopic (exact) mass is 238 g/mol. The molecule has 0 bridgehead atoms. The lowest BCUT2D eigenvalue weighted by Gasteiger charge is -2.02. The molecule has 18 heavy (non-hydrogen) atoms. The van der Waals surface area contributed by atoms with E-state index in [0.717, 1.165) is 5.56 Å². The van der Waals surface area contributed by atoms with E-state index < -0.39 is 0 Å². The molecule has 0 saturated carbocycles. The van der Waals surface area contributed by atoms with Gasteiger partial charge in [0.15, 0.2) is 0 Å². The Morgan fingerprint density at radius 3 is 2.61 bits per heavy atom. The largest absolute Gasteiger partial charge is 0.355 e. The molecule has 2 rings (SSSR count). The number of hydrogen-bond acceptors (Lipinski definition) is 2. The maximum Gasteiger partial charge on any atom is 0.253 e. The van der Waals surface area contributed by atoms with Crippen LogP contribution in [0.3, 0.4) is 0 Å². The van der Waals surface area contributed by atoms with Gasteiger partial charge in [0.2, 0.25) is 0 Å². The van der Waals surface area contributed by atoms with E-state index in [2.05, 4.69) is 10.3 Å². The van der Waals surface area contributed by atoms with Crippen LogP contribution < -0.4 is 5.32 Å². The van der Waals surface area contributed by atoms with Gasteiger partial charge in [0.25, 0.3) is 5.91 Å². The summed E-state index contributed by atoms with van der Waals surface area (Å²) in [5.74, 6) is -0.129. The SMILES string of the molecule is CNC(=O)c1cccnc1C=Cc1ccccc1. The minimum absolute atomic E-state index is 0.129. The highest BCUT2D eigenvalue weighted by Gasteiger charge is 2.07. The Morgan fingerprint density at radius 2 is 1.89 bits per heavy atom. The zero-order chi connectivity index (χ0) is 12.8. The fourth-order valence-corrected chi connectivity index (χ4v) is 1.62. The van der Waals surface area contributed by atoms with Crippen molar-refractivity contribution >= 4 is 18.1 Å². The summed E-state index contributed by atoms with van der Waals surface area (Å²) in [6.07, 6.45) is 5.46. The van der Waals surface area contributed by atoms with Crippen LogP contribution in [0, 0.1) is 0 Å².